The molecule has 0 saturated heterocycles. The molecule has 0 aliphatic carbocycles. The van der Waals surface area contributed by atoms with Gasteiger partial charge in [0.2, 0.25) is 11.8 Å². The van der Waals surface area contributed by atoms with Crippen LogP contribution in [0.5, 0.6) is 0 Å². The maximum atomic E-state index is 5.34. The lowest BCUT2D eigenvalue weighted by atomic mass is 10.2. The van der Waals surface area contributed by atoms with E-state index in [1.165, 1.54) is 0 Å². The SMILES string of the molecule is Cc1nnc(CN[C@@H](C)c2nc(-c3ccccc3)cs2)o1. The van der Waals surface area contributed by atoms with E-state index in [1.807, 2.05) is 18.2 Å². The molecule has 0 fully saturated rings. The van der Waals surface area contributed by atoms with Crippen molar-refractivity contribution in [3.63, 3.8) is 0 Å². The van der Waals surface area contributed by atoms with Gasteiger partial charge in [0, 0.05) is 17.9 Å². The van der Waals surface area contributed by atoms with E-state index in [0.29, 0.717) is 18.3 Å². The molecular formula is C15H16N4OS. The Morgan fingerprint density at radius 1 is 1.24 bits per heavy atom. The number of hydrogen-bond acceptors (Lipinski definition) is 6. The Morgan fingerprint density at radius 2 is 2.05 bits per heavy atom. The summed E-state index contributed by atoms with van der Waals surface area (Å²) in [5.41, 5.74) is 2.15. The van der Waals surface area contributed by atoms with Gasteiger partial charge in [-0.05, 0) is 6.92 Å². The normalized spacial score (nSPS) is 12.5. The number of rotatable bonds is 5. The van der Waals surface area contributed by atoms with Crippen LogP contribution >= 0.6 is 11.3 Å². The van der Waals surface area contributed by atoms with Gasteiger partial charge < -0.3 is 4.42 Å². The fourth-order valence-corrected chi connectivity index (χ4v) is 2.82. The number of hydrogen-bond donors (Lipinski definition) is 1. The molecule has 0 aliphatic rings. The predicted molar refractivity (Wildman–Crippen MR) is 81.8 cm³/mol. The van der Waals surface area contributed by atoms with Gasteiger partial charge in [-0.1, -0.05) is 30.3 Å². The Morgan fingerprint density at radius 3 is 2.76 bits per heavy atom. The fourth-order valence-electron chi connectivity index (χ4n) is 1.96. The molecule has 3 aromatic rings. The van der Waals surface area contributed by atoms with Gasteiger partial charge >= 0.3 is 0 Å². The van der Waals surface area contributed by atoms with Crippen molar-refractivity contribution >= 4 is 11.3 Å². The van der Waals surface area contributed by atoms with Crippen LogP contribution in [0.4, 0.5) is 0 Å². The van der Waals surface area contributed by atoms with Gasteiger partial charge in [0.15, 0.2) is 0 Å². The summed E-state index contributed by atoms with van der Waals surface area (Å²) < 4.78 is 5.34. The third-order valence-corrected chi connectivity index (χ3v) is 4.12. The molecule has 0 spiro atoms. The monoisotopic (exact) mass is 300 g/mol. The van der Waals surface area contributed by atoms with Crippen LogP contribution in [0.25, 0.3) is 11.3 Å². The first kappa shape index (κ1) is 13.9. The highest BCUT2D eigenvalue weighted by atomic mass is 32.1. The summed E-state index contributed by atoms with van der Waals surface area (Å²) in [5.74, 6) is 1.18. The van der Waals surface area contributed by atoms with Crippen molar-refractivity contribution in [1.82, 2.24) is 20.5 Å². The predicted octanol–water partition coefficient (Wildman–Crippen LogP) is 3.35. The van der Waals surface area contributed by atoms with Gasteiger partial charge in [0.1, 0.15) is 5.01 Å². The minimum atomic E-state index is 0.139. The molecule has 2 heterocycles. The van der Waals surface area contributed by atoms with E-state index in [9.17, 15) is 0 Å². The van der Waals surface area contributed by atoms with Gasteiger partial charge in [-0.25, -0.2) is 4.98 Å². The van der Waals surface area contributed by atoms with E-state index in [4.69, 9.17) is 4.42 Å². The first-order chi connectivity index (χ1) is 10.2. The molecule has 3 rings (SSSR count). The molecule has 0 aliphatic heterocycles. The molecule has 0 saturated carbocycles. The second-order valence-corrected chi connectivity index (χ2v) is 5.64. The molecule has 0 radical (unpaired) electrons. The number of nitrogens with one attached hydrogen (secondary N) is 1. The molecule has 1 atom stereocenters. The van der Waals surface area contributed by atoms with E-state index in [-0.39, 0.29) is 6.04 Å². The largest absolute Gasteiger partial charge is 0.424 e. The summed E-state index contributed by atoms with van der Waals surface area (Å²) in [6.45, 7) is 4.41. The lowest BCUT2D eigenvalue weighted by Crippen LogP contribution is -2.18. The Hall–Kier alpha value is -2.05. The Balaban J connectivity index is 1.65. The molecule has 0 unspecified atom stereocenters. The van der Waals surface area contributed by atoms with Crippen LogP contribution in [-0.2, 0) is 6.54 Å². The minimum Gasteiger partial charge on any atom is -0.424 e. The van der Waals surface area contributed by atoms with Crippen LogP contribution < -0.4 is 5.32 Å². The van der Waals surface area contributed by atoms with Crippen molar-refractivity contribution in [2.75, 3.05) is 0 Å². The van der Waals surface area contributed by atoms with Crippen molar-refractivity contribution < 1.29 is 4.42 Å². The van der Waals surface area contributed by atoms with Crippen molar-refractivity contribution in [2.45, 2.75) is 26.4 Å². The topological polar surface area (TPSA) is 63.8 Å². The number of thiazole rings is 1. The Kier molecular flexibility index (Phi) is 4.08. The number of nitrogens with zero attached hydrogens (tertiary/aromatic N) is 3. The zero-order valence-corrected chi connectivity index (χ0v) is 12.7. The van der Waals surface area contributed by atoms with E-state index in [0.717, 1.165) is 16.3 Å². The van der Waals surface area contributed by atoms with Crippen LogP contribution in [0.2, 0.25) is 0 Å². The quantitative estimate of drug-likeness (QED) is 0.783. The van der Waals surface area contributed by atoms with Crippen LogP contribution in [0.3, 0.4) is 0 Å². The molecule has 6 heteroatoms. The summed E-state index contributed by atoms with van der Waals surface area (Å²) in [6.07, 6.45) is 0. The van der Waals surface area contributed by atoms with E-state index in [1.54, 1.807) is 18.3 Å². The van der Waals surface area contributed by atoms with Crippen LogP contribution in [0.15, 0.2) is 40.1 Å². The zero-order chi connectivity index (χ0) is 14.7. The summed E-state index contributed by atoms with van der Waals surface area (Å²) in [7, 11) is 0. The number of aromatic nitrogens is 3. The van der Waals surface area contributed by atoms with Gasteiger partial charge in [0.25, 0.3) is 0 Å². The summed E-state index contributed by atoms with van der Waals surface area (Å²) in [6, 6.07) is 10.3. The highest BCUT2D eigenvalue weighted by molar-refractivity contribution is 7.10. The maximum Gasteiger partial charge on any atom is 0.230 e. The average molecular weight is 300 g/mol. The van der Waals surface area contributed by atoms with Gasteiger partial charge in [-0.3, -0.25) is 5.32 Å². The maximum absolute atomic E-state index is 5.34. The number of benzene rings is 1. The Bertz CT molecular complexity index is 707. The second kappa shape index (κ2) is 6.15. The molecule has 2 aromatic heterocycles. The van der Waals surface area contributed by atoms with Crippen LogP contribution in [0, 0.1) is 6.92 Å². The lowest BCUT2D eigenvalue weighted by molar-refractivity contribution is 0.430. The van der Waals surface area contributed by atoms with Crippen molar-refractivity contribution in [3.05, 3.63) is 52.5 Å². The molecule has 1 N–H and O–H groups in total. The lowest BCUT2D eigenvalue weighted by Gasteiger charge is -2.08. The number of aryl methyl sites for hydroxylation is 1. The second-order valence-electron chi connectivity index (χ2n) is 4.75. The zero-order valence-electron chi connectivity index (χ0n) is 11.9. The van der Waals surface area contributed by atoms with Crippen LogP contribution in [0.1, 0.15) is 29.8 Å². The first-order valence-electron chi connectivity index (χ1n) is 6.75. The molecular weight excluding hydrogens is 284 g/mol. The third-order valence-electron chi connectivity index (χ3n) is 3.09. The molecule has 5 nitrogen and oxygen atoms in total. The van der Waals surface area contributed by atoms with Gasteiger partial charge in [-0.2, -0.15) is 0 Å². The van der Waals surface area contributed by atoms with Crippen LogP contribution in [-0.4, -0.2) is 15.2 Å². The van der Waals surface area contributed by atoms with Crippen molar-refractivity contribution in [3.8, 4) is 11.3 Å². The van der Waals surface area contributed by atoms with E-state index < -0.39 is 0 Å². The highest BCUT2D eigenvalue weighted by Crippen LogP contribution is 2.25. The molecule has 21 heavy (non-hydrogen) atoms. The molecule has 1 aromatic carbocycles. The van der Waals surface area contributed by atoms with Crippen molar-refractivity contribution in [2.24, 2.45) is 0 Å². The van der Waals surface area contributed by atoms with E-state index >= 15 is 0 Å². The smallest absolute Gasteiger partial charge is 0.230 e. The summed E-state index contributed by atoms with van der Waals surface area (Å²) in [4.78, 5) is 4.69. The molecule has 0 amide bonds. The minimum absolute atomic E-state index is 0.139. The van der Waals surface area contributed by atoms with Gasteiger partial charge in [0.05, 0.1) is 18.3 Å². The highest BCUT2D eigenvalue weighted by Gasteiger charge is 2.12. The Labute approximate surface area is 127 Å². The van der Waals surface area contributed by atoms with Gasteiger partial charge in [-0.15, -0.1) is 21.5 Å². The average Bonchev–Trinajstić information content (AvgIpc) is 3.15. The first-order valence-corrected chi connectivity index (χ1v) is 7.63. The van der Waals surface area contributed by atoms with E-state index in [2.05, 4.69) is 44.9 Å². The molecule has 108 valence electrons. The third kappa shape index (κ3) is 3.34. The fraction of sp³-hybridized carbons (Fsp3) is 0.267. The summed E-state index contributed by atoms with van der Waals surface area (Å²) in [5, 5.41) is 14.3. The summed E-state index contributed by atoms with van der Waals surface area (Å²) >= 11 is 1.65. The van der Waals surface area contributed by atoms with Crippen molar-refractivity contribution in [1.29, 1.82) is 0 Å². The molecule has 0 bridgehead atoms. The standard InChI is InChI=1S/C15H16N4OS/c1-10(16-8-14-19-18-11(2)20-14)15-17-13(9-21-15)12-6-4-3-5-7-12/h3-7,9-10,16H,8H2,1-2H3/t10-/m0/s1.